The molecule has 1 amide bonds. The molecule has 0 aromatic heterocycles. The summed E-state index contributed by atoms with van der Waals surface area (Å²) in [6.07, 6.45) is -9.19. The van der Waals surface area contributed by atoms with Crippen LogP contribution in [0, 0.1) is 0 Å². The lowest BCUT2D eigenvalue weighted by Gasteiger charge is -2.38. The molecular weight excluding hydrogens is 434 g/mol. The third-order valence-electron chi connectivity index (χ3n) is 5.92. The number of esters is 1. The third kappa shape index (κ3) is 4.21. The van der Waals surface area contributed by atoms with Gasteiger partial charge >= 0.3 is 11.9 Å². The number of benzene rings is 2. The Kier molecular flexibility index (Phi) is 6.17. The number of carbonyl (C=O) groups is 3. The third-order valence-corrected chi connectivity index (χ3v) is 5.92. The highest BCUT2D eigenvalue weighted by molar-refractivity contribution is 6.10. The van der Waals surface area contributed by atoms with E-state index < -0.39 is 48.6 Å². The molecule has 1 fully saturated rings. The van der Waals surface area contributed by atoms with Crippen molar-refractivity contribution >= 4 is 23.5 Å². The molecule has 6 atom stereocenters. The minimum Gasteiger partial charge on any atom is -0.479 e. The van der Waals surface area contributed by atoms with Gasteiger partial charge in [0.2, 0.25) is 6.29 Å². The molecule has 4 rings (SSSR count). The predicted octanol–water partition coefficient (Wildman–Crippen LogP) is 0.386. The zero-order chi connectivity index (χ0) is 23.9. The lowest BCUT2D eigenvalue weighted by Crippen LogP contribution is -2.60. The monoisotopic (exact) mass is 457 g/mol. The maximum atomic E-state index is 12.6. The smallest absolute Gasteiger partial charge is 0.335 e. The molecule has 10 nitrogen and oxygen atoms in total. The van der Waals surface area contributed by atoms with Crippen LogP contribution in [0.4, 0.5) is 5.69 Å². The summed E-state index contributed by atoms with van der Waals surface area (Å²) in [6.45, 7) is 1.99. The average Bonchev–Trinajstić information content (AvgIpc) is 3.15. The van der Waals surface area contributed by atoms with Crippen LogP contribution < -0.4 is 4.90 Å². The first kappa shape index (κ1) is 22.9. The van der Waals surface area contributed by atoms with Crippen LogP contribution >= 0.6 is 0 Å². The van der Waals surface area contributed by atoms with Crippen molar-refractivity contribution < 1.29 is 44.3 Å². The predicted molar refractivity (Wildman–Crippen MR) is 112 cm³/mol. The van der Waals surface area contributed by atoms with Crippen molar-refractivity contribution in [2.45, 2.75) is 50.1 Å². The summed E-state index contributed by atoms with van der Waals surface area (Å²) in [6, 6.07) is 14.1. The lowest BCUT2D eigenvalue weighted by atomic mass is 9.98. The van der Waals surface area contributed by atoms with E-state index in [-0.39, 0.29) is 5.91 Å². The molecule has 1 saturated heterocycles. The summed E-state index contributed by atoms with van der Waals surface area (Å²) in [7, 11) is 0. The number of rotatable bonds is 5. The van der Waals surface area contributed by atoms with Crippen LogP contribution in [0.2, 0.25) is 0 Å². The number of hydrogen-bond acceptors (Lipinski definition) is 8. The molecule has 1 unspecified atom stereocenters. The van der Waals surface area contributed by atoms with Gasteiger partial charge in [0.15, 0.2) is 6.10 Å². The molecule has 0 saturated carbocycles. The fraction of sp³-hybridized carbons (Fsp3) is 0.348. The second kappa shape index (κ2) is 8.91. The maximum absolute atomic E-state index is 12.6. The number of ether oxygens (including phenoxy) is 2. The second-order valence-corrected chi connectivity index (χ2v) is 8.03. The van der Waals surface area contributed by atoms with Gasteiger partial charge in [0, 0.05) is 11.3 Å². The summed E-state index contributed by atoms with van der Waals surface area (Å²) < 4.78 is 10.1. The van der Waals surface area contributed by atoms with Gasteiger partial charge in [-0.05, 0) is 36.2 Å². The van der Waals surface area contributed by atoms with Crippen LogP contribution in [0.3, 0.4) is 0 Å². The highest BCUT2D eigenvalue weighted by atomic mass is 16.7. The number of hydrogen-bond donors (Lipinski definition) is 4. The molecule has 10 heteroatoms. The molecule has 4 N–H and O–H groups in total. The van der Waals surface area contributed by atoms with Crippen molar-refractivity contribution in [1.82, 2.24) is 0 Å². The fourth-order valence-corrected chi connectivity index (χ4v) is 3.91. The Morgan fingerprint density at radius 1 is 1.03 bits per heavy atom. The van der Waals surface area contributed by atoms with E-state index in [0.717, 1.165) is 5.56 Å². The zero-order valence-electron chi connectivity index (χ0n) is 17.6. The first-order valence-electron chi connectivity index (χ1n) is 10.3. The van der Waals surface area contributed by atoms with Crippen molar-refractivity contribution in [2.75, 3.05) is 4.90 Å². The van der Waals surface area contributed by atoms with Crippen LogP contribution in [0.15, 0.2) is 48.5 Å². The summed E-state index contributed by atoms with van der Waals surface area (Å²) in [4.78, 5) is 38.1. The molecule has 2 aliphatic heterocycles. The first-order chi connectivity index (χ1) is 15.7. The number of fused-ring (bicyclic) bond motifs is 1. The normalized spacial score (nSPS) is 27.7. The summed E-state index contributed by atoms with van der Waals surface area (Å²) in [5.41, 5.74) is 2.79. The zero-order valence-corrected chi connectivity index (χ0v) is 17.6. The molecule has 2 aromatic rings. The molecule has 2 aromatic carbocycles. The van der Waals surface area contributed by atoms with Crippen molar-refractivity contribution in [2.24, 2.45) is 0 Å². The van der Waals surface area contributed by atoms with Crippen molar-refractivity contribution in [3.63, 3.8) is 0 Å². The van der Waals surface area contributed by atoms with E-state index in [0.29, 0.717) is 23.4 Å². The minimum atomic E-state index is -1.88. The van der Waals surface area contributed by atoms with Gasteiger partial charge in [-0.25, -0.2) is 4.79 Å². The Bertz CT molecular complexity index is 1070. The average molecular weight is 457 g/mol. The van der Waals surface area contributed by atoms with E-state index in [9.17, 15) is 29.7 Å². The number of carboxylic acid groups (broad SMARTS) is 1. The number of carboxylic acids is 1. The first-order valence-corrected chi connectivity index (χ1v) is 10.3. The fourth-order valence-electron chi connectivity index (χ4n) is 3.91. The van der Waals surface area contributed by atoms with Crippen LogP contribution in [-0.4, -0.2) is 69.0 Å². The molecule has 0 aliphatic carbocycles. The SMILES string of the molecule is CC(C(=O)O[C@@H]1O[C@H](C(=O)O)[C@@H](O)[C@H](O)[C@H]1O)c1ccc(N2Cc3ccccc3C2=O)cc1. The lowest BCUT2D eigenvalue weighted by molar-refractivity contribution is -0.286. The highest BCUT2D eigenvalue weighted by Crippen LogP contribution is 2.30. The molecule has 33 heavy (non-hydrogen) atoms. The Hall–Kier alpha value is -3.31. The molecule has 174 valence electrons. The van der Waals surface area contributed by atoms with Gasteiger partial charge in [-0.15, -0.1) is 0 Å². The van der Waals surface area contributed by atoms with Gasteiger partial charge in [-0.1, -0.05) is 30.3 Å². The van der Waals surface area contributed by atoms with Crippen LogP contribution in [-0.2, 0) is 25.6 Å². The van der Waals surface area contributed by atoms with Gasteiger partial charge in [-0.2, -0.15) is 0 Å². The number of aliphatic hydroxyl groups excluding tert-OH is 3. The number of anilines is 1. The topological polar surface area (TPSA) is 154 Å². The van der Waals surface area contributed by atoms with E-state index in [4.69, 9.17) is 14.6 Å². The number of aliphatic carboxylic acids is 1. The van der Waals surface area contributed by atoms with E-state index in [2.05, 4.69) is 0 Å². The number of amides is 1. The summed E-state index contributed by atoms with van der Waals surface area (Å²) >= 11 is 0. The quantitative estimate of drug-likeness (QED) is 0.467. The van der Waals surface area contributed by atoms with Gasteiger partial charge in [0.05, 0.1) is 12.5 Å². The maximum Gasteiger partial charge on any atom is 0.335 e. The van der Waals surface area contributed by atoms with Crippen molar-refractivity contribution in [3.05, 3.63) is 65.2 Å². The van der Waals surface area contributed by atoms with Crippen LogP contribution in [0.25, 0.3) is 0 Å². The summed E-state index contributed by atoms with van der Waals surface area (Å²) in [5, 5.41) is 38.7. The number of carbonyl (C=O) groups excluding carboxylic acids is 2. The minimum absolute atomic E-state index is 0.108. The standard InChI is InChI=1S/C23H23NO9/c1-11(22(31)33-23-18(27)16(25)17(26)19(32-23)21(29)30)12-6-8-14(9-7-12)24-10-13-4-2-3-5-15(13)20(24)28/h2-9,11,16-19,23,25-27H,10H2,1H3,(H,29,30)/t11?,16-,17-,18+,19-,23-/m0/s1. The van der Waals surface area contributed by atoms with Crippen LogP contribution in [0.1, 0.15) is 34.3 Å². The molecular formula is C23H23NO9. The largest absolute Gasteiger partial charge is 0.479 e. The number of nitrogens with zero attached hydrogens (tertiary/aromatic N) is 1. The Labute approximate surface area is 188 Å². The number of aliphatic hydroxyl groups is 3. The Morgan fingerprint density at radius 2 is 1.70 bits per heavy atom. The molecule has 2 heterocycles. The van der Waals surface area contributed by atoms with Gasteiger partial charge in [0.1, 0.15) is 18.3 Å². The van der Waals surface area contributed by atoms with E-state index >= 15 is 0 Å². The Balaban J connectivity index is 1.43. The molecule has 0 radical (unpaired) electrons. The van der Waals surface area contributed by atoms with Gasteiger partial charge in [0.25, 0.3) is 5.91 Å². The van der Waals surface area contributed by atoms with E-state index in [1.807, 2.05) is 18.2 Å². The van der Waals surface area contributed by atoms with Gasteiger partial charge in [-0.3, -0.25) is 9.59 Å². The van der Waals surface area contributed by atoms with E-state index in [1.54, 1.807) is 42.2 Å². The van der Waals surface area contributed by atoms with Crippen molar-refractivity contribution in [3.8, 4) is 0 Å². The van der Waals surface area contributed by atoms with E-state index in [1.165, 1.54) is 0 Å². The second-order valence-electron chi connectivity index (χ2n) is 8.03. The summed E-state index contributed by atoms with van der Waals surface area (Å²) in [5.74, 6) is -3.34. The Morgan fingerprint density at radius 3 is 2.33 bits per heavy atom. The molecule has 2 aliphatic rings. The van der Waals surface area contributed by atoms with Gasteiger partial charge < -0.3 is 34.8 Å². The highest BCUT2D eigenvalue weighted by Gasteiger charge is 2.48. The van der Waals surface area contributed by atoms with Crippen molar-refractivity contribution in [1.29, 1.82) is 0 Å². The molecule has 0 bridgehead atoms. The molecule has 0 spiro atoms. The van der Waals surface area contributed by atoms with Crippen LogP contribution in [0.5, 0.6) is 0 Å².